The molecule has 192 valence electrons. The third-order valence-corrected chi connectivity index (χ3v) is 6.67. The Kier molecular flexibility index (Phi) is 5.69. The van der Waals surface area contributed by atoms with Gasteiger partial charge >= 0.3 is 0 Å². The highest BCUT2D eigenvalue weighted by atomic mass is 16.2. The van der Waals surface area contributed by atoms with Crippen LogP contribution in [0.25, 0.3) is 16.9 Å². The van der Waals surface area contributed by atoms with Crippen molar-refractivity contribution in [2.45, 2.75) is 71.9 Å². The number of amides is 1. The van der Waals surface area contributed by atoms with E-state index in [0.29, 0.717) is 29.2 Å². The van der Waals surface area contributed by atoms with Gasteiger partial charge in [0.05, 0.1) is 12.0 Å². The third-order valence-electron chi connectivity index (χ3n) is 6.67. The lowest BCUT2D eigenvalue weighted by atomic mass is 9.85. The number of carbonyl (C=O) groups excluding carboxylic acids is 1. The Morgan fingerprint density at radius 2 is 1.84 bits per heavy atom. The maximum atomic E-state index is 13.3. The van der Waals surface area contributed by atoms with Crippen LogP contribution in [0, 0.1) is 0 Å². The number of hydrogen-bond acceptors (Lipinski definition) is 6. The lowest BCUT2D eigenvalue weighted by Crippen LogP contribution is -2.46. The second-order valence-corrected chi connectivity index (χ2v) is 11.5. The zero-order valence-electron chi connectivity index (χ0n) is 22.4. The second kappa shape index (κ2) is 8.54. The SMILES string of the molecule is CC(C)n1c(=O)c2cnc(Nc3ccc4c(c3)CC(=O)NC4(C)C)nc2n1-c1cccc(C(C)(C)C)n1. The van der Waals surface area contributed by atoms with Gasteiger partial charge < -0.3 is 10.6 Å². The van der Waals surface area contributed by atoms with Crippen molar-refractivity contribution in [1.82, 2.24) is 29.6 Å². The first kappa shape index (κ1) is 24.7. The minimum absolute atomic E-state index is 0.00338. The summed E-state index contributed by atoms with van der Waals surface area (Å²) < 4.78 is 3.45. The minimum atomic E-state index is -0.428. The molecule has 0 fully saturated rings. The van der Waals surface area contributed by atoms with Crippen LogP contribution in [0.5, 0.6) is 0 Å². The van der Waals surface area contributed by atoms with E-state index < -0.39 is 5.54 Å². The van der Waals surface area contributed by atoms with Gasteiger partial charge in [-0.15, -0.1) is 0 Å². The number of rotatable bonds is 4. The normalized spacial score (nSPS) is 15.1. The second-order valence-electron chi connectivity index (χ2n) is 11.5. The number of carbonyl (C=O) groups is 1. The Labute approximate surface area is 215 Å². The van der Waals surface area contributed by atoms with Gasteiger partial charge in [-0.2, -0.15) is 4.98 Å². The van der Waals surface area contributed by atoms with Crippen LogP contribution in [0.3, 0.4) is 0 Å². The maximum absolute atomic E-state index is 13.3. The van der Waals surface area contributed by atoms with Crippen molar-refractivity contribution in [3.8, 4) is 5.82 Å². The molecule has 0 bridgehead atoms. The van der Waals surface area contributed by atoms with Crippen LogP contribution in [0.15, 0.2) is 47.4 Å². The summed E-state index contributed by atoms with van der Waals surface area (Å²) in [5, 5.41) is 6.71. The molecule has 1 aliphatic heterocycles. The van der Waals surface area contributed by atoms with E-state index in [1.165, 1.54) is 0 Å². The van der Waals surface area contributed by atoms with Gasteiger partial charge in [-0.05, 0) is 63.1 Å². The lowest BCUT2D eigenvalue weighted by molar-refractivity contribution is -0.122. The highest BCUT2D eigenvalue weighted by Crippen LogP contribution is 2.31. The first-order valence-corrected chi connectivity index (χ1v) is 12.5. The van der Waals surface area contributed by atoms with E-state index in [1.54, 1.807) is 15.6 Å². The molecule has 1 aromatic carbocycles. The highest BCUT2D eigenvalue weighted by Gasteiger charge is 2.31. The van der Waals surface area contributed by atoms with Crippen molar-refractivity contribution in [3.63, 3.8) is 0 Å². The fourth-order valence-electron chi connectivity index (χ4n) is 4.89. The first-order valence-electron chi connectivity index (χ1n) is 12.5. The van der Waals surface area contributed by atoms with E-state index in [4.69, 9.17) is 9.97 Å². The fourth-order valence-corrected chi connectivity index (χ4v) is 4.89. The summed E-state index contributed by atoms with van der Waals surface area (Å²) in [6.07, 6.45) is 1.88. The van der Waals surface area contributed by atoms with Crippen LogP contribution in [0.4, 0.5) is 11.6 Å². The van der Waals surface area contributed by atoms with Gasteiger partial charge in [-0.1, -0.05) is 32.9 Å². The van der Waals surface area contributed by atoms with Crippen molar-refractivity contribution in [2.75, 3.05) is 5.32 Å². The molecule has 0 radical (unpaired) electrons. The average molecular weight is 500 g/mol. The molecule has 9 nitrogen and oxygen atoms in total. The van der Waals surface area contributed by atoms with Crippen molar-refractivity contribution in [2.24, 2.45) is 0 Å². The molecule has 1 amide bonds. The molecule has 0 unspecified atom stereocenters. The van der Waals surface area contributed by atoms with E-state index in [2.05, 4.69) is 36.4 Å². The third kappa shape index (κ3) is 4.39. The summed E-state index contributed by atoms with van der Waals surface area (Å²) in [5.41, 5.74) is 3.48. The molecule has 2 N–H and O–H groups in total. The number of fused-ring (bicyclic) bond motifs is 2. The van der Waals surface area contributed by atoms with Crippen LogP contribution in [0.2, 0.25) is 0 Å². The number of hydrogen-bond donors (Lipinski definition) is 2. The summed E-state index contributed by atoms with van der Waals surface area (Å²) in [4.78, 5) is 39.6. The Bertz CT molecular complexity index is 1590. The number of nitrogens with zero attached hydrogens (tertiary/aromatic N) is 5. The number of aromatic nitrogens is 5. The molecule has 5 rings (SSSR count). The van der Waals surface area contributed by atoms with Crippen molar-refractivity contribution in [1.29, 1.82) is 0 Å². The standard InChI is InChI=1S/C28H33N7O2/c1-16(2)34-25(37)19-15-29-26(30-18-11-12-20-17(13-18)14-23(36)33-28(20,6)7)32-24(19)35(34)22-10-8-9-21(31-22)27(3,4)5/h8-13,15-16H,14H2,1-7H3,(H,33,36)(H,29,30,32). The smallest absolute Gasteiger partial charge is 0.278 e. The van der Waals surface area contributed by atoms with Gasteiger partial charge in [0.25, 0.3) is 5.56 Å². The molecule has 9 heteroatoms. The van der Waals surface area contributed by atoms with Crippen molar-refractivity contribution in [3.05, 3.63) is 69.8 Å². The largest absolute Gasteiger partial charge is 0.347 e. The quantitative estimate of drug-likeness (QED) is 0.428. The number of nitrogens with one attached hydrogen (secondary N) is 2. The van der Waals surface area contributed by atoms with Crippen molar-refractivity contribution < 1.29 is 4.79 Å². The molecular weight excluding hydrogens is 466 g/mol. The highest BCUT2D eigenvalue weighted by molar-refractivity contribution is 5.83. The molecular formula is C28H33N7O2. The summed E-state index contributed by atoms with van der Waals surface area (Å²) >= 11 is 0. The first-order chi connectivity index (χ1) is 17.3. The summed E-state index contributed by atoms with van der Waals surface area (Å²) in [6, 6.07) is 11.6. The predicted molar refractivity (Wildman–Crippen MR) is 145 cm³/mol. The van der Waals surface area contributed by atoms with E-state index >= 15 is 0 Å². The van der Waals surface area contributed by atoms with Crippen LogP contribution in [0.1, 0.15) is 71.3 Å². The van der Waals surface area contributed by atoms with E-state index in [1.807, 2.05) is 64.1 Å². The van der Waals surface area contributed by atoms with Gasteiger partial charge in [-0.25, -0.2) is 19.3 Å². The molecule has 3 aromatic heterocycles. The Morgan fingerprint density at radius 3 is 2.54 bits per heavy atom. The van der Waals surface area contributed by atoms with E-state index in [0.717, 1.165) is 22.5 Å². The predicted octanol–water partition coefficient (Wildman–Crippen LogP) is 4.51. The van der Waals surface area contributed by atoms with E-state index in [9.17, 15) is 9.59 Å². The Hall–Kier alpha value is -4.01. The van der Waals surface area contributed by atoms with Crippen molar-refractivity contribution >= 4 is 28.6 Å². The fraction of sp³-hybridized carbons (Fsp3) is 0.393. The molecule has 0 aliphatic carbocycles. The molecule has 0 saturated carbocycles. The molecule has 4 aromatic rings. The molecule has 1 aliphatic rings. The van der Waals surface area contributed by atoms with Crippen LogP contribution >= 0.6 is 0 Å². The minimum Gasteiger partial charge on any atom is -0.347 e. The number of pyridine rings is 1. The van der Waals surface area contributed by atoms with Crippen LogP contribution < -0.4 is 16.2 Å². The monoisotopic (exact) mass is 499 g/mol. The zero-order chi connectivity index (χ0) is 26.7. The average Bonchev–Trinajstić information content (AvgIpc) is 3.09. The number of benzene rings is 1. The van der Waals surface area contributed by atoms with Crippen LogP contribution in [-0.2, 0) is 22.2 Å². The number of anilines is 2. The Morgan fingerprint density at radius 1 is 1.08 bits per heavy atom. The maximum Gasteiger partial charge on any atom is 0.278 e. The van der Waals surface area contributed by atoms with Gasteiger partial charge in [-0.3, -0.25) is 9.59 Å². The Balaban J connectivity index is 1.61. The topological polar surface area (TPSA) is 107 Å². The summed E-state index contributed by atoms with van der Waals surface area (Å²) in [6.45, 7) is 14.2. The lowest BCUT2D eigenvalue weighted by Gasteiger charge is -2.33. The molecule has 37 heavy (non-hydrogen) atoms. The molecule has 0 saturated heterocycles. The zero-order valence-corrected chi connectivity index (χ0v) is 22.4. The molecule has 0 spiro atoms. The van der Waals surface area contributed by atoms with Gasteiger partial charge in [0.2, 0.25) is 11.9 Å². The molecule has 0 atom stereocenters. The molecule has 4 heterocycles. The summed E-state index contributed by atoms with van der Waals surface area (Å²) in [7, 11) is 0. The van der Waals surface area contributed by atoms with Gasteiger partial charge in [0.1, 0.15) is 5.39 Å². The summed E-state index contributed by atoms with van der Waals surface area (Å²) in [5.74, 6) is 0.977. The van der Waals surface area contributed by atoms with E-state index in [-0.39, 0.29) is 22.9 Å². The van der Waals surface area contributed by atoms with Crippen LogP contribution in [-0.4, -0.2) is 30.2 Å². The van der Waals surface area contributed by atoms with Gasteiger partial charge in [0, 0.05) is 29.0 Å². The van der Waals surface area contributed by atoms with Gasteiger partial charge in [0.15, 0.2) is 11.5 Å².